The fraction of sp³-hybridized carbons (Fsp3) is 0.467. The summed E-state index contributed by atoms with van der Waals surface area (Å²) in [6.45, 7) is 0. The third kappa shape index (κ3) is 4.94. The molecule has 0 aromatic heterocycles. The van der Waals surface area contributed by atoms with Crippen LogP contribution in [0.1, 0.15) is 30.7 Å². The number of aldehydes is 1. The number of rotatable bonds is 10. The van der Waals surface area contributed by atoms with Gasteiger partial charge in [-0.2, -0.15) is 0 Å². The number of primary amides is 1. The Bertz CT molecular complexity index is 575. The molecule has 0 spiro atoms. The highest BCUT2D eigenvalue weighted by Gasteiger charge is 2.34. The van der Waals surface area contributed by atoms with Crippen LogP contribution < -0.4 is 15.2 Å². The van der Waals surface area contributed by atoms with Crippen molar-refractivity contribution in [2.24, 2.45) is 5.73 Å². The van der Waals surface area contributed by atoms with Crippen molar-refractivity contribution in [3.63, 3.8) is 0 Å². The van der Waals surface area contributed by atoms with Gasteiger partial charge in [0.05, 0.1) is 20.1 Å². The van der Waals surface area contributed by atoms with Crippen LogP contribution in [0.15, 0.2) is 18.2 Å². The number of amides is 1. The molecule has 0 aliphatic carbocycles. The maximum atomic E-state index is 11.4. The van der Waals surface area contributed by atoms with Crippen molar-refractivity contribution >= 4 is 12.2 Å². The van der Waals surface area contributed by atoms with Gasteiger partial charge in [0.1, 0.15) is 17.8 Å². The van der Waals surface area contributed by atoms with Crippen molar-refractivity contribution < 1.29 is 24.0 Å². The number of hydrogen-bond donors (Lipinski definition) is 1. The zero-order chi connectivity index (χ0) is 17.4. The van der Waals surface area contributed by atoms with Crippen LogP contribution in [0, 0.1) is 10.1 Å². The SMILES string of the molecule is COc1ccc(C(CC=O)C(CCC(N)=O)[N+](=O)[O-])c(OC)c1. The first-order valence-corrected chi connectivity index (χ1v) is 7.01. The summed E-state index contributed by atoms with van der Waals surface area (Å²) in [5, 5.41) is 11.4. The second kappa shape index (κ2) is 8.72. The van der Waals surface area contributed by atoms with E-state index in [4.69, 9.17) is 15.2 Å². The molecule has 1 aromatic rings. The van der Waals surface area contributed by atoms with Crippen LogP contribution in [0.5, 0.6) is 11.5 Å². The number of carbonyl (C=O) groups is 2. The minimum Gasteiger partial charge on any atom is -0.497 e. The number of nitro groups is 1. The highest BCUT2D eigenvalue weighted by atomic mass is 16.6. The van der Waals surface area contributed by atoms with Gasteiger partial charge in [-0.15, -0.1) is 0 Å². The zero-order valence-corrected chi connectivity index (χ0v) is 13.1. The van der Waals surface area contributed by atoms with Crippen LogP contribution in [-0.4, -0.2) is 37.4 Å². The third-order valence-electron chi connectivity index (χ3n) is 3.61. The summed E-state index contributed by atoms with van der Waals surface area (Å²) >= 11 is 0. The van der Waals surface area contributed by atoms with Gasteiger partial charge in [0.2, 0.25) is 11.9 Å². The molecule has 126 valence electrons. The van der Waals surface area contributed by atoms with Crippen LogP contribution in [0.4, 0.5) is 0 Å². The summed E-state index contributed by atoms with van der Waals surface area (Å²) in [5.41, 5.74) is 5.60. The molecule has 23 heavy (non-hydrogen) atoms. The van der Waals surface area contributed by atoms with Crippen LogP contribution in [-0.2, 0) is 9.59 Å². The van der Waals surface area contributed by atoms with E-state index < -0.39 is 22.8 Å². The average Bonchev–Trinajstić information content (AvgIpc) is 2.52. The van der Waals surface area contributed by atoms with Gasteiger partial charge in [0.15, 0.2) is 0 Å². The molecule has 1 amide bonds. The van der Waals surface area contributed by atoms with Gasteiger partial charge in [0.25, 0.3) is 0 Å². The minimum absolute atomic E-state index is 0.0456. The first kappa shape index (κ1) is 18.4. The molecule has 8 heteroatoms. The van der Waals surface area contributed by atoms with Crippen molar-refractivity contribution in [3.05, 3.63) is 33.9 Å². The molecular weight excluding hydrogens is 304 g/mol. The summed E-state index contributed by atoms with van der Waals surface area (Å²) in [4.78, 5) is 32.8. The molecule has 0 aliphatic heterocycles. The van der Waals surface area contributed by atoms with E-state index in [2.05, 4.69) is 0 Å². The molecule has 0 bridgehead atoms. The normalized spacial score (nSPS) is 13.0. The van der Waals surface area contributed by atoms with Gasteiger partial charge >= 0.3 is 0 Å². The molecule has 8 nitrogen and oxygen atoms in total. The van der Waals surface area contributed by atoms with Crippen LogP contribution in [0.2, 0.25) is 0 Å². The van der Waals surface area contributed by atoms with Crippen molar-refractivity contribution in [2.75, 3.05) is 14.2 Å². The Labute approximate surface area is 133 Å². The molecule has 2 unspecified atom stereocenters. The molecule has 1 aromatic carbocycles. The topological polar surface area (TPSA) is 122 Å². The van der Waals surface area contributed by atoms with E-state index in [0.717, 1.165) is 0 Å². The van der Waals surface area contributed by atoms with Crippen molar-refractivity contribution in [1.82, 2.24) is 0 Å². The first-order chi connectivity index (χ1) is 10.9. The highest BCUT2D eigenvalue weighted by Crippen LogP contribution is 2.36. The fourth-order valence-electron chi connectivity index (χ4n) is 2.46. The summed E-state index contributed by atoms with van der Waals surface area (Å²) in [7, 11) is 2.92. The Morgan fingerprint density at radius 3 is 2.57 bits per heavy atom. The lowest BCUT2D eigenvalue weighted by atomic mass is 9.86. The first-order valence-electron chi connectivity index (χ1n) is 7.01. The summed E-state index contributed by atoms with van der Waals surface area (Å²) in [6, 6.07) is 3.75. The van der Waals surface area contributed by atoms with Crippen LogP contribution in [0.3, 0.4) is 0 Å². The van der Waals surface area contributed by atoms with Gasteiger partial charge in [-0.25, -0.2) is 0 Å². The maximum Gasteiger partial charge on any atom is 0.220 e. The highest BCUT2D eigenvalue weighted by molar-refractivity contribution is 5.73. The summed E-state index contributed by atoms with van der Waals surface area (Å²) in [6.07, 6.45) is 0.387. The number of nitrogens with two attached hydrogens (primary N) is 1. The number of methoxy groups -OCH3 is 2. The number of hydrogen-bond acceptors (Lipinski definition) is 6. The maximum absolute atomic E-state index is 11.4. The van der Waals surface area contributed by atoms with E-state index in [1.165, 1.54) is 14.2 Å². The van der Waals surface area contributed by atoms with Crippen LogP contribution >= 0.6 is 0 Å². The summed E-state index contributed by atoms with van der Waals surface area (Å²) in [5.74, 6) is -0.418. The van der Waals surface area contributed by atoms with Gasteiger partial charge in [-0.05, 0) is 6.07 Å². The van der Waals surface area contributed by atoms with E-state index in [9.17, 15) is 19.7 Å². The second-order valence-electron chi connectivity index (χ2n) is 4.97. The lowest BCUT2D eigenvalue weighted by Gasteiger charge is -2.21. The average molecular weight is 324 g/mol. The second-order valence-corrected chi connectivity index (χ2v) is 4.97. The quantitative estimate of drug-likeness (QED) is 0.393. The Morgan fingerprint density at radius 2 is 2.09 bits per heavy atom. The Kier molecular flexibility index (Phi) is 6.98. The van der Waals surface area contributed by atoms with Gasteiger partial charge in [-0.3, -0.25) is 14.9 Å². The summed E-state index contributed by atoms with van der Waals surface area (Å²) < 4.78 is 10.4. The molecule has 1 rings (SSSR count). The Hall–Kier alpha value is -2.64. The molecule has 0 fully saturated rings. The smallest absolute Gasteiger partial charge is 0.220 e. The number of ether oxygens (including phenoxy) is 2. The fourth-order valence-corrected chi connectivity index (χ4v) is 2.46. The molecule has 2 N–H and O–H groups in total. The van der Waals surface area contributed by atoms with E-state index >= 15 is 0 Å². The van der Waals surface area contributed by atoms with Gasteiger partial charge in [-0.1, -0.05) is 6.07 Å². The Morgan fingerprint density at radius 1 is 1.39 bits per heavy atom. The van der Waals surface area contributed by atoms with E-state index in [0.29, 0.717) is 23.3 Å². The zero-order valence-electron chi connectivity index (χ0n) is 13.1. The van der Waals surface area contributed by atoms with E-state index in [1.54, 1.807) is 18.2 Å². The lowest BCUT2D eigenvalue weighted by molar-refractivity contribution is -0.527. The van der Waals surface area contributed by atoms with Gasteiger partial charge < -0.3 is 20.0 Å². The molecule has 0 radical (unpaired) electrons. The standard InChI is InChI=1S/C15H20N2O6/c1-22-10-3-4-12(14(9-10)23-2)11(7-8-18)13(17(20)21)5-6-15(16)19/h3-4,8-9,11,13H,5-7H2,1-2H3,(H2,16,19). The molecule has 0 heterocycles. The van der Waals surface area contributed by atoms with E-state index in [-0.39, 0.29) is 19.3 Å². The van der Waals surface area contributed by atoms with Crippen LogP contribution in [0.25, 0.3) is 0 Å². The van der Waals surface area contributed by atoms with Gasteiger partial charge in [0, 0.05) is 35.8 Å². The number of carbonyl (C=O) groups excluding carboxylic acids is 2. The Balaban J connectivity index is 3.23. The van der Waals surface area contributed by atoms with Crippen molar-refractivity contribution in [1.29, 1.82) is 0 Å². The molecule has 0 aliphatic rings. The monoisotopic (exact) mass is 324 g/mol. The predicted molar refractivity (Wildman–Crippen MR) is 82.2 cm³/mol. The van der Waals surface area contributed by atoms with E-state index in [1.807, 2.05) is 0 Å². The lowest BCUT2D eigenvalue weighted by Crippen LogP contribution is -2.30. The molecular formula is C15H20N2O6. The molecule has 0 saturated carbocycles. The van der Waals surface area contributed by atoms with Crippen molar-refractivity contribution in [3.8, 4) is 11.5 Å². The largest absolute Gasteiger partial charge is 0.497 e. The molecule has 2 atom stereocenters. The predicted octanol–water partition coefficient (Wildman–Crippen LogP) is 1.29. The third-order valence-corrected chi connectivity index (χ3v) is 3.61. The minimum atomic E-state index is -1.12. The number of nitrogens with zero attached hydrogens (tertiary/aromatic N) is 1. The molecule has 0 saturated heterocycles. The number of benzene rings is 1. The van der Waals surface area contributed by atoms with Crippen molar-refractivity contribution in [2.45, 2.75) is 31.2 Å².